The van der Waals surface area contributed by atoms with Crippen LogP contribution in [-0.4, -0.2) is 26.1 Å². The molecule has 1 amide bonds. The number of rotatable bonds is 4. The van der Waals surface area contributed by atoms with E-state index in [0.717, 1.165) is 37.2 Å². The monoisotopic (exact) mass is 262 g/mol. The van der Waals surface area contributed by atoms with Crippen LogP contribution in [0.3, 0.4) is 0 Å². The molecule has 1 heterocycles. The van der Waals surface area contributed by atoms with Gasteiger partial charge in [-0.25, -0.2) is 0 Å². The number of carbonyl (C=O) groups is 1. The van der Waals surface area contributed by atoms with Gasteiger partial charge in [0, 0.05) is 6.54 Å². The van der Waals surface area contributed by atoms with Crippen molar-refractivity contribution in [1.82, 2.24) is 10.6 Å². The van der Waals surface area contributed by atoms with E-state index in [4.69, 9.17) is 4.74 Å². The summed E-state index contributed by atoms with van der Waals surface area (Å²) in [5.41, 5.74) is 1.10. The van der Waals surface area contributed by atoms with Crippen LogP contribution in [-0.2, 0) is 4.79 Å². The molecule has 0 unspecified atom stereocenters. The van der Waals surface area contributed by atoms with Crippen LogP contribution in [0, 0.1) is 5.92 Å². The molecule has 104 valence electrons. The summed E-state index contributed by atoms with van der Waals surface area (Å²) in [6, 6.07) is 7.84. The van der Waals surface area contributed by atoms with Gasteiger partial charge in [-0.2, -0.15) is 0 Å². The number of carbonyl (C=O) groups excluding carboxylic acids is 1. The third-order valence-electron chi connectivity index (χ3n) is 3.64. The third-order valence-corrected chi connectivity index (χ3v) is 3.64. The van der Waals surface area contributed by atoms with Gasteiger partial charge in [0.15, 0.2) is 0 Å². The SMILES string of the molecule is COc1ccc([C@H](C)NC(=O)[C@H]2CCCNC2)cc1. The van der Waals surface area contributed by atoms with E-state index < -0.39 is 0 Å². The van der Waals surface area contributed by atoms with Crippen molar-refractivity contribution in [2.45, 2.75) is 25.8 Å². The molecule has 1 saturated heterocycles. The highest BCUT2D eigenvalue weighted by molar-refractivity contribution is 5.79. The molecule has 0 aromatic heterocycles. The molecule has 1 fully saturated rings. The molecule has 1 aliphatic rings. The number of amides is 1. The molecular formula is C15H22N2O2. The minimum absolute atomic E-state index is 0.0281. The maximum absolute atomic E-state index is 12.1. The fourth-order valence-electron chi connectivity index (χ4n) is 2.38. The lowest BCUT2D eigenvalue weighted by Gasteiger charge is -2.24. The summed E-state index contributed by atoms with van der Waals surface area (Å²) >= 11 is 0. The number of ether oxygens (including phenoxy) is 1. The van der Waals surface area contributed by atoms with Crippen LogP contribution in [0.2, 0.25) is 0 Å². The van der Waals surface area contributed by atoms with Gasteiger partial charge in [0.1, 0.15) is 5.75 Å². The van der Waals surface area contributed by atoms with Crippen molar-refractivity contribution < 1.29 is 9.53 Å². The second-order valence-electron chi connectivity index (χ2n) is 5.05. The molecule has 19 heavy (non-hydrogen) atoms. The summed E-state index contributed by atoms with van der Waals surface area (Å²) in [6.07, 6.45) is 2.06. The zero-order valence-corrected chi connectivity index (χ0v) is 11.6. The molecule has 0 aliphatic carbocycles. The lowest BCUT2D eigenvalue weighted by Crippen LogP contribution is -2.41. The van der Waals surface area contributed by atoms with Crippen molar-refractivity contribution in [1.29, 1.82) is 0 Å². The van der Waals surface area contributed by atoms with E-state index in [2.05, 4.69) is 10.6 Å². The number of nitrogens with one attached hydrogen (secondary N) is 2. The number of methoxy groups -OCH3 is 1. The minimum atomic E-state index is 0.0281. The molecule has 2 rings (SSSR count). The summed E-state index contributed by atoms with van der Waals surface area (Å²) < 4.78 is 5.13. The van der Waals surface area contributed by atoms with E-state index in [1.807, 2.05) is 31.2 Å². The molecule has 1 aromatic carbocycles. The first-order valence-electron chi connectivity index (χ1n) is 6.85. The molecule has 4 heteroatoms. The van der Waals surface area contributed by atoms with Gasteiger partial charge in [-0.05, 0) is 44.0 Å². The van der Waals surface area contributed by atoms with E-state index in [1.165, 1.54) is 0 Å². The Kier molecular flexibility index (Phi) is 4.80. The highest BCUT2D eigenvalue weighted by Crippen LogP contribution is 2.18. The third kappa shape index (κ3) is 3.70. The zero-order chi connectivity index (χ0) is 13.7. The van der Waals surface area contributed by atoms with Gasteiger partial charge in [-0.1, -0.05) is 12.1 Å². The summed E-state index contributed by atoms with van der Waals surface area (Å²) in [6.45, 7) is 3.83. The highest BCUT2D eigenvalue weighted by atomic mass is 16.5. The Balaban J connectivity index is 1.91. The van der Waals surface area contributed by atoms with Crippen molar-refractivity contribution in [2.24, 2.45) is 5.92 Å². The van der Waals surface area contributed by atoms with Crippen molar-refractivity contribution in [2.75, 3.05) is 20.2 Å². The fourth-order valence-corrected chi connectivity index (χ4v) is 2.38. The van der Waals surface area contributed by atoms with Crippen LogP contribution in [0.5, 0.6) is 5.75 Å². The van der Waals surface area contributed by atoms with E-state index >= 15 is 0 Å². The fraction of sp³-hybridized carbons (Fsp3) is 0.533. The highest BCUT2D eigenvalue weighted by Gasteiger charge is 2.22. The molecular weight excluding hydrogens is 240 g/mol. The van der Waals surface area contributed by atoms with E-state index in [9.17, 15) is 4.79 Å². The van der Waals surface area contributed by atoms with E-state index in [-0.39, 0.29) is 17.9 Å². The van der Waals surface area contributed by atoms with Crippen LogP contribution >= 0.6 is 0 Å². The lowest BCUT2D eigenvalue weighted by atomic mass is 9.98. The van der Waals surface area contributed by atoms with Gasteiger partial charge in [0.2, 0.25) is 5.91 Å². The number of hydrogen-bond donors (Lipinski definition) is 2. The maximum Gasteiger partial charge on any atom is 0.224 e. The van der Waals surface area contributed by atoms with Crippen LogP contribution in [0.15, 0.2) is 24.3 Å². The summed E-state index contributed by atoms with van der Waals surface area (Å²) in [5.74, 6) is 1.09. The molecule has 2 atom stereocenters. The van der Waals surface area contributed by atoms with Gasteiger partial charge in [-0.15, -0.1) is 0 Å². The van der Waals surface area contributed by atoms with Gasteiger partial charge < -0.3 is 15.4 Å². The molecule has 0 bridgehead atoms. The van der Waals surface area contributed by atoms with Crippen LogP contribution in [0.4, 0.5) is 0 Å². The predicted octanol–water partition coefficient (Wildman–Crippen LogP) is 1.87. The first-order chi connectivity index (χ1) is 9.20. The molecule has 1 aromatic rings. The average Bonchev–Trinajstić information content (AvgIpc) is 2.48. The number of hydrogen-bond acceptors (Lipinski definition) is 3. The Bertz CT molecular complexity index is 411. The van der Waals surface area contributed by atoms with Crippen molar-refractivity contribution >= 4 is 5.91 Å². The van der Waals surface area contributed by atoms with Crippen LogP contribution in [0.25, 0.3) is 0 Å². The summed E-state index contributed by atoms with van der Waals surface area (Å²) in [7, 11) is 1.65. The molecule has 2 N–H and O–H groups in total. The van der Waals surface area contributed by atoms with Crippen LogP contribution < -0.4 is 15.4 Å². The van der Waals surface area contributed by atoms with E-state index in [0.29, 0.717) is 0 Å². The Morgan fingerprint density at radius 2 is 2.16 bits per heavy atom. The zero-order valence-electron chi connectivity index (χ0n) is 11.6. The Labute approximate surface area is 114 Å². The quantitative estimate of drug-likeness (QED) is 0.871. The van der Waals surface area contributed by atoms with Gasteiger partial charge in [0.05, 0.1) is 19.1 Å². The van der Waals surface area contributed by atoms with Gasteiger partial charge >= 0.3 is 0 Å². The Hall–Kier alpha value is -1.55. The topological polar surface area (TPSA) is 50.4 Å². The first-order valence-corrected chi connectivity index (χ1v) is 6.85. The van der Waals surface area contributed by atoms with E-state index in [1.54, 1.807) is 7.11 Å². The molecule has 1 aliphatic heterocycles. The molecule has 0 radical (unpaired) electrons. The summed E-state index contributed by atoms with van der Waals surface area (Å²) in [4.78, 5) is 12.1. The lowest BCUT2D eigenvalue weighted by molar-refractivity contribution is -0.126. The molecule has 4 nitrogen and oxygen atoms in total. The second kappa shape index (κ2) is 6.57. The average molecular weight is 262 g/mol. The normalized spacial score (nSPS) is 20.6. The number of benzene rings is 1. The smallest absolute Gasteiger partial charge is 0.224 e. The Morgan fingerprint density at radius 3 is 2.74 bits per heavy atom. The second-order valence-corrected chi connectivity index (χ2v) is 5.05. The van der Waals surface area contributed by atoms with Gasteiger partial charge in [0.25, 0.3) is 0 Å². The molecule has 0 saturated carbocycles. The van der Waals surface area contributed by atoms with Gasteiger partial charge in [-0.3, -0.25) is 4.79 Å². The Morgan fingerprint density at radius 1 is 1.42 bits per heavy atom. The van der Waals surface area contributed by atoms with Crippen molar-refractivity contribution in [3.8, 4) is 5.75 Å². The largest absolute Gasteiger partial charge is 0.497 e. The minimum Gasteiger partial charge on any atom is -0.497 e. The van der Waals surface area contributed by atoms with Crippen molar-refractivity contribution in [3.63, 3.8) is 0 Å². The summed E-state index contributed by atoms with van der Waals surface area (Å²) in [5, 5.41) is 6.35. The molecule has 0 spiro atoms. The standard InChI is InChI=1S/C15H22N2O2/c1-11(12-5-7-14(19-2)8-6-12)17-15(18)13-4-3-9-16-10-13/h5-8,11,13,16H,3-4,9-10H2,1-2H3,(H,17,18)/t11-,13-/m0/s1. The predicted molar refractivity (Wildman–Crippen MR) is 75.1 cm³/mol. The van der Waals surface area contributed by atoms with Crippen LogP contribution in [0.1, 0.15) is 31.4 Å². The number of piperidine rings is 1. The van der Waals surface area contributed by atoms with Crippen molar-refractivity contribution in [3.05, 3.63) is 29.8 Å². The maximum atomic E-state index is 12.1. The first kappa shape index (κ1) is 13.9.